The first-order chi connectivity index (χ1) is 9.32. The number of rotatable bonds is 0. The lowest BCUT2D eigenvalue weighted by molar-refractivity contribution is -0.150. The van der Waals surface area contributed by atoms with Crippen LogP contribution in [0.25, 0.3) is 0 Å². The number of fused-ring (bicyclic) bond motifs is 2. The molecule has 2 atom stereocenters. The van der Waals surface area contributed by atoms with Gasteiger partial charge in [0.1, 0.15) is 0 Å². The van der Waals surface area contributed by atoms with Gasteiger partial charge in [-0.2, -0.15) is 0 Å². The van der Waals surface area contributed by atoms with Crippen molar-refractivity contribution < 1.29 is 19.4 Å². The van der Waals surface area contributed by atoms with E-state index in [4.69, 9.17) is 5.11 Å². The van der Waals surface area contributed by atoms with Crippen LogP contribution in [-0.2, 0) is 14.3 Å². The molecular formula is C16H24O4. The fraction of sp³-hybridized carbons (Fsp3) is 0.625. The minimum Gasteiger partial charge on any atom is -0.400 e. The SMILES string of the molecule is CC(C)(C)C12C=CC(CC1)C2.CO.O=C1C=CC(=O)O1. The molecule has 2 bridgehead atoms. The van der Waals surface area contributed by atoms with Crippen LogP contribution in [0.3, 0.4) is 0 Å². The quantitative estimate of drug-likeness (QED) is 0.421. The standard InChI is InChI=1S/C11H18.C4H2O3.CH4O/c1-10(2,3)11-6-4-9(8-11)5-7-11;5-3-1-2-4(6)7-3;1-2/h4,6,9H,5,7-8H2,1-3H3;1-2H;2H,1H3. The van der Waals surface area contributed by atoms with Crippen molar-refractivity contribution in [3.63, 3.8) is 0 Å². The van der Waals surface area contributed by atoms with Crippen LogP contribution in [0.5, 0.6) is 0 Å². The molecule has 1 fully saturated rings. The molecular weight excluding hydrogens is 256 g/mol. The largest absolute Gasteiger partial charge is 0.400 e. The van der Waals surface area contributed by atoms with Gasteiger partial charge in [0.15, 0.2) is 0 Å². The molecule has 1 saturated carbocycles. The van der Waals surface area contributed by atoms with Gasteiger partial charge in [0.2, 0.25) is 0 Å². The lowest BCUT2D eigenvalue weighted by Crippen LogP contribution is -2.29. The van der Waals surface area contributed by atoms with E-state index in [2.05, 4.69) is 37.7 Å². The second kappa shape index (κ2) is 6.35. The van der Waals surface area contributed by atoms with Crippen LogP contribution in [0.1, 0.15) is 40.0 Å². The minimum absolute atomic E-state index is 0.481. The Morgan fingerprint density at radius 2 is 1.75 bits per heavy atom. The average molecular weight is 280 g/mol. The summed E-state index contributed by atoms with van der Waals surface area (Å²) in [5.41, 5.74) is 1.05. The van der Waals surface area contributed by atoms with Gasteiger partial charge in [0, 0.05) is 19.3 Å². The number of esters is 2. The van der Waals surface area contributed by atoms with E-state index in [-0.39, 0.29) is 0 Å². The van der Waals surface area contributed by atoms with Gasteiger partial charge in [0.25, 0.3) is 0 Å². The molecule has 4 heteroatoms. The van der Waals surface area contributed by atoms with Crippen LogP contribution < -0.4 is 0 Å². The van der Waals surface area contributed by atoms with Crippen molar-refractivity contribution in [2.45, 2.75) is 40.0 Å². The third-order valence-electron chi connectivity index (χ3n) is 4.33. The predicted molar refractivity (Wildman–Crippen MR) is 76.8 cm³/mol. The van der Waals surface area contributed by atoms with Gasteiger partial charge in [-0.25, -0.2) is 9.59 Å². The van der Waals surface area contributed by atoms with Crippen molar-refractivity contribution in [3.05, 3.63) is 24.3 Å². The molecule has 0 radical (unpaired) electrons. The molecule has 0 aromatic carbocycles. The Hall–Kier alpha value is -1.42. The van der Waals surface area contributed by atoms with Crippen LogP contribution in [-0.4, -0.2) is 24.2 Å². The van der Waals surface area contributed by atoms with E-state index in [0.717, 1.165) is 25.2 Å². The molecule has 4 nitrogen and oxygen atoms in total. The summed E-state index contributed by atoms with van der Waals surface area (Å²) in [6, 6.07) is 0. The minimum atomic E-state index is -0.579. The monoisotopic (exact) mass is 280 g/mol. The van der Waals surface area contributed by atoms with Gasteiger partial charge in [0.05, 0.1) is 0 Å². The Balaban J connectivity index is 0.000000193. The predicted octanol–water partition coefficient (Wildman–Crippen LogP) is 2.62. The third-order valence-corrected chi connectivity index (χ3v) is 4.33. The van der Waals surface area contributed by atoms with Gasteiger partial charge in [-0.15, -0.1) is 0 Å². The molecule has 0 saturated heterocycles. The lowest BCUT2D eigenvalue weighted by Gasteiger charge is -2.38. The molecule has 0 aromatic heterocycles. The van der Waals surface area contributed by atoms with E-state index in [1.54, 1.807) is 0 Å². The first kappa shape index (κ1) is 16.6. The number of carbonyl (C=O) groups is 2. The molecule has 0 aromatic rings. The second-order valence-corrected chi connectivity index (χ2v) is 6.34. The van der Waals surface area contributed by atoms with Crippen molar-refractivity contribution in [1.29, 1.82) is 0 Å². The van der Waals surface area contributed by atoms with Crippen molar-refractivity contribution in [2.75, 3.05) is 7.11 Å². The summed E-state index contributed by atoms with van der Waals surface area (Å²) < 4.78 is 3.97. The molecule has 1 aliphatic heterocycles. The number of aliphatic hydroxyl groups is 1. The molecule has 2 aliphatic carbocycles. The van der Waals surface area contributed by atoms with Crippen LogP contribution in [0.2, 0.25) is 0 Å². The normalized spacial score (nSPS) is 29.6. The number of ether oxygens (including phenoxy) is 1. The van der Waals surface area contributed by atoms with Gasteiger partial charge >= 0.3 is 11.9 Å². The van der Waals surface area contributed by atoms with Crippen molar-refractivity contribution >= 4 is 11.9 Å². The van der Waals surface area contributed by atoms with E-state index in [1.165, 1.54) is 19.3 Å². The smallest absolute Gasteiger partial charge is 0.338 e. The zero-order valence-electron chi connectivity index (χ0n) is 12.7. The van der Waals surface area contributed by atoms with Crippen LogP contribution in [0, 0.1) is 16.7 Å². The first-order valence-corrected chi connectivity index (χ1v) is 6.90. The lowest BCUT2D eigenvalue weighted by atomic mass is 9.66. The number of hydrogen-bond donors (Lipinski definition) is 1. The molecule has 0 amide bonds. The summed E-state index contributed by atoms with van der Waals surface area (Å²) in [5.74, 6) is -0.232. The third kappa shape index (κ3) is 3.57. The Morgan fingerprint density at radius 3 is 1.90 bits per heavy atom. The maximum atomic E-state index is 9.92. The zero-order chi connectivity index (χ0) is 15.4. The van der Waals surface area contributed by atoms with Gasteiger partial charge < -0.3 is 9.84 Å². The molecule has 112 valence electrons. The van der Waals surface area contributed by atoms with E-state index in [9.17, 15) is 9.59 Å². The highest BCUT2D eigenvalue weighted by molar-refractivity contribution is 6.04. The number of hydrogen-bond acceptors (Lipinski definition) is 4. The van der Waals surface area contributed by atoms with Gasteiger partial charge in [-0.05, 0) is 36.0 Å². The summed E-state index contributed by atoms with van der Waals surface area (Å²) >= 11 is 0. The summed E-state index contributed by atoms with van der Waals surface area (Å²) in [6.45, 7) is 7.14. The van der Waals surface area contributed by atoms with Crippen LogP contribution >= 0.6 is 0 Å². The van der Waals surface area contributed by atoms with Crippen molar-refractivity contribution in [2.24, 2.45) is 16.7 Å². The molecule has 3 rings (SSSR count). The van der Waals surface area contributed by atoms with E-state index in [0.29, 0.717) is 10.8 Å². The van der Waals surface area contributed by atoms with Gasteiger partial charge in [-0.1, -0.05) is 32.9 Å². The fourth-order valence-electron chi connectivity index (χ4n) is 2.99. The molecule has 2 unspecified atom stereocenters. The zero-order valence-corrected chi connectivity index (χ0v) is 12.7. The van der Waals surface area contributed by atoms with E-state index >= 15 is 0 Å². The summed E-state index contributed by atoms with van der Waals surface area (Å²) in [4.78, 5) is 19.8. The molecule has 3 aliphatic rings. The Labute approximate surface area is 120 Å². The molecule has 0 spiro atoms. The molecule has 20 heavy (non-hydrogen) atoms. The Morgan fingerprint density at radius 1 is 1.20 bits per heavy atom. The highest BCUT2D eigenvalue weighted by atomic mass is 16.6. The topological polar surface area (TPSA) is 63.6 Å². The van der Waals surface area contributed by atoms with E-state index < -0.39 is 11.9 Å². The molecule has 1 N–H and O–H groups in total. The van der Waals surface area contributed by atoms with Gasteiger partial charge in [-0.3, -0.25) is 0 Å². The summed E-state index contributed by atoms with van der Waals surface area (Å²) in [5, 5.41) is 7.00. The maximum absolute atomic E-state index is 9.92. The Bertz CT molecular complexity index is 412. The van der Waals surface area contributed by atoms with Crippen LogP contribution in [0.4, 0.5) is 0 Å². The highest BCUT2D eigenvalue weighted by Crippen LogP contribution is 2.58. The number of cyclic esters (lactones) is 2. The van der Waals surface area contributed by atoms with Crippen LogP contribution in [0.15, 0.2) is 24.3 Å². The first-order valence-electron chi connectivity index (χ1n) is 6.90. The Kier molecular flexibility index (Phi) is 5.28. The number of aliphatic hydroxyl groups excluding tert-OH is 1. The summed E-state index contributed by atoms with van der Waals surface area (Å²) in [7, 11) is 1.00. The fourth-order valence-corrected chi connectivity index (χ4v) is 2.99. The van der Waals surface area contributed by atoms with Crippen molar-refractivity contribution in [1.82, 2.24) is 0 Å². The average Bonchev–Trinajstić information content (AvgIpc) is 3.08. The summed E-state index contributed by atoms with van der Waals surface area (Å²) in [6.07, 6.45) is 11.4. The second-order valence-electron chi connectivity index (χ2n) is 6.34. The number of carbonyl (C=O) groups excluding carboxylic acids is 2. The maximum Gasteiger partial charge on any atom is 0.338 e. The van der Waals surface area contributed by atoms with E-state index in [1.807, 2.05) is 0 Å². The number of allylic oxidation sites excluding steroid dienone is 2. The highest BCUT2D eigenvalue weighted by Gasteiger charge is 2.47. The molecule has 1 heterocycles. The van der Waals surface area contributed by atoms with Crippen molar-refractivity contribution in [3.8, 4) is 0 Å².